The number of nitrogens with zero attached hydrogens (tertiary/aromatic N) is 1. The van der Waals surface area contributed by atoms with Crippen molar-refractivity contribution in [1.82, 2.24) is 10.3 Å². The zero-order valence-electron chi connectivity index (χ0n) is 8.78. The van der Waals surface area contributed by atoms with Crippen molar-refractivity contribution in [3.63, 3.8) is 0 Å². The third-order valence-electron chi connectivity index (χ3n) is 2.83. The van der Waals surface area contributed by atoms with Crippen molar-refractivity contribution < 1.29 is 4.74 Å². The van der Waals surface area contributed by atoms with Crippen LogP contribution >= 0.6 is 0 Å². The van der Waals surface area contributed by atoms with Crippen LogP contribution in [0.15, 0.2) is 24.5 Å². The summed E-state index contributed by atoms with van der Waals surface area (Å²) in [6, 6.07) is 4.03. The largest absolute Gasteiger partial charge is 0.380 e. The van der Waals surface area contributed by atoms with E-state index in [1.165, 1.54) is 5.56 Å². The van der Waals surface area contributed by atoms with Crippen LogP contribution < -0.4 is 11.1 Å². The minimum Gasteiger partial charge on any atom is -0.380 e. The third kappa shape index (κ3) is 2.53. The van der Waals surface area contributed by atoms with Gasteiger partial charge < -0.3 is 15.8 Å². The highest BCUT2D eigenvalue weighted by Crippen LogP contribution is 2.24. The van der Waals surface area contributed by atoms with Crippen molar-refractivity contribution in [1.29, 1.82) is 0 Å². The zero-order chi connectivity index (χ0) is 10.6. The van der Waals surface area contributed by atoms with Gasteiger partial charge in [0.2, 0.25) is 0 Å². The van der Waals surface area contributed by atoms with E-state index in [4.69, 9.17) is 10.5 Å². The van der Waals surface area contributed by atoms with Crippen molar-refractivity contribution in [2.75, 3.05) is 26.3 Å². The van der Waals surface area contributed by atoms with E-state index in [-0.39, 0.29) is 5.41 Å². The molecule has 1 saturated heterocycles. The maximum atomic E-state index is 5.72. The smallest absolute Gasteiger partial charge is 0.0569 e. The average molecular weight is 207 g/mol. The lowest BCUT2D eigenvalue weighted by atomic mass is 9.86. The van der Waals surface area contributed by atoms with Crippen LogP contribution in [0.4, 0.5) is 0 Å². The van der Waals surface area contributed by atoms with Crippen molar-refractivity contribution in [3.05, 3.63) is 30.1 Å². The van der Waals surface area contributed by atoms with Crippen molar-refractivity contribution in [3.8, 4) is 0 Å². The molecule has 15 heavy (non-hydrogen) atoms. The van der Waals surface area contributed by atoms with Crippen molar-refractivity contribution in [2.24, 2.45) is 11.1 Å². The predicted octanol–water partition coefficient (Wildman–Crippen LogP) is 0.146. The first kappa shape index (κ1) is 10.5. The summed E-state index contributed by atoms with van der Waals surface area (Å²) in [7, 11) is 0. The summed E-state index contributed by atoms with van der Waals surface area (Å²) in [5, 5.41) is 3.41. The summed E-state index contributed by atoms with van der Waals surface area (Å²) in [6.07, 6.45) is 3.62. The summed E-state index contributed by atoms with van der Waals surface area (Å²) >= 11 is 0. The molecule has 0 radical (unpaired) electrons. The van der Waals surface area contributed by atoms with E-state index in [0.717, 1.165) is 26.3 Å². The lowest BCUT2D eigenvalue weighted by Crippen LogP contribution is -2.54. The molecule has 4 nitrogen and oxygen atoms in total. The van der Waals surface area contributed by atoms with E-state index in [1.807, 2.05) is 24.5 Å². The molecule has 0 spiro atoms. The molecule has 1 aliphatic heterocycles. The molecule has 4 heteroatoms. The van der Waals surface area contributed by atoms with Gasteiger partial charge in [-0.15, -0.1) is 0 Å². The lowest BCUT2D eigenvalue weighted by molar-refractivity contribution is -0.105. The van der Waals surface area contributed by atoms with E-state index in [0.29, 0.717) is 6.54 Å². The fourth-order valence-corrected chi connectivity index (χ4v) is 1.66. The topological polar surface area (TPSA) is 60.2 Å². The first-order valence-corrected chi connectivity index (χ1v) is 5.22. The molecule has 2 heterocycles. The van der Waals surface area contributed by atoms with Gasteiger partial charge in [0.15, 0.2) is 0 Å². The first-order chi connectivity index (χ1) is 7.35. The van der Waals surface area contributed by atoms with Crippen molar-refractivity contribution in [2.45, 2.75) is 6.54 Å². The van der Waals surface area contributed by atoms with Gasteiger partial charge in [-0.05, 0) is 17.7 Å². The normalized spacial score (nSPS) is 18.5. The van der Waals surface area contributed by atoms with Gasteiger partial charge in [-0.1, -0.05) is 0 Å². The van der Waals surface area contributed by atoms with E-state index >= 15 is 0 Å². The molecule has 0 aromatic carbocycles. The minimum atomic E-state index is 0.174. The van der Waals surface area contributed by atoms with Crippen LogP contribution in [0.3, 0.4) is 0 Å². The second-order valence-electron chi connectivity index (χ2n) is 4.16. The molecule has 0 atom stereocenters. The molecule has 1 aromatic rings. The number of hydrogen-bond acceptors (Lipinski definition) is 4. The third-order valence-corrected chi connectivity index (χ3v) is 2.83. The average Bonchev–Trinajstić information content (AvgIpc) is 2.24. The number of rotatable bonds is 5. The summed E-state index contributed by atoms with van der Waals surface area (Å²) in [6.45, 7) is 4.05. The molecule has 0 amide bonds. The molecule has 1 aromatic heterocycles. The molecule has 0 unspecified atom stereocenters. The maximum Gasteiger partial charge on any atom is 0.0569 e. The number of ether oxygens (including phenoxy) is 1. The Hall–Kier alpha value is -0.970. The Morgan fingerprint density at radius 1 is 1.40 bits per heavy atom. The van der Waals surface area contributed by atoms with Gasteiger partial charge in [0.25, 0.3) is 0 Å². The van der Waals surface area contributed by atoms with E-state index in [2.05, 4.69) is 10.3 Å². The fourth-order valence-electron chi connectivity index (χ4n) is 1.66. The molecule has 1 aliphatic rings. The number of hydrogen-bond donors (Lipinski definition) is 2. The standard InChI is InChI=1S/C11H17N3O/c12-6-11(8-15-9-11)7-14-5-10-1-3-13-4-2-10/h1-4,14H,5-9,12H2. The molecule has 0 bridgehead atoms. The van der Waals surface area contributed by atoms with Gasteiger partial charge in [-0.3, -0.25) is 4.98 Å². The summed E-state index contributed by atoms with van der Waals surface area (Å²) < 4.78 is 5.20. The molecule has 0 aliphatic carbocycles. The van der Waals surface area contributed by atoms with E-state index < -0.39 is 0 Å². The van der Waals surface area contributed by atoms with E-state index in [9.17, 15) is 0 Å². The predicted molar refractivity (Wildman–Crippen MR) is 58.3 cm³/mol. The van der Waals surface area contributed by atoms with Gasteiger partial charge in [-0.25, -0.2) is 0 Å². The van der Waals surface area contributed by atoms with Crippen molar-refractivity contribution >= 4 is 0 Å². The Morgan fingerprint density at radius 3 is 2.67 bits per heavy atom. The molecular formula is C11H17N3O. The van der Waals surface area contributed by atoms with Crippen LogP contribution in [0.2, 0.25) is 0 Å². The number of aromatic nitrogens is 1. The fraction of sp³-hybridized carbons (Fsp3) is 0.545. The Kier molecular flexibility index (Phi) is 3.30. The summed E-state index contributed by atoms with van der Waals surface area (Å²) in [5.74, 6) is 0. The highest BCUT2D eigenvalue weighted by Gasteiger charge is 2.36. The molecule has 2 rings (SSSR count). The molecule has 3 N–H and O–H groups in total. The van der Waals surface area contributed by atoms with Gasteiger partial charge in [-0.2, -0.15) is 0 Å². The zero-order valence-corrected chi connectivity index (χ0v) is 8.78. The second kappa shape index (κ2) is 4.70. The molecular weight excluding hydrogens is 190 g/mol. The van der Waals surface area contributed by atoms with Gasteiger partial charge in [0, 0.05) is 37.4 Å². The minimum absolute atomic E-state index is 0.174. The maximum absolute atomic E-state index is 5.72. The molecule has 82 valence electrons. The Balaban J connectivity index is 1.75. The Bertz CT molecular complexity index is 292. The quantitative estimate of drug-likeness (QED) is 0.721. The van der Waals surface area contributed by atoms with Gasteiger partial charge >= 0.3 is 0 Å². The number of pyridine rings is 1. The monoisotopic (exact) mass is 207 g/mol. The number of nitrogens with two attached hydrogens (primary N) is 1. The highest BCUT2D eigenvalue weighted by molar-refractivity contribution is 5.09. The Labute approximate surface area is 89.8 Å². The lowest BCUT2D eigenvalue weighted by Gasteiger charge is -2.40. The van der Waals surface area contributed by atoms with Crippen LogP contribution in [0.5, 0.6) is 0 Å². The summed E-state index contributed by atoms with van der Waals surface area (Å²) in [4.78, 5) is 3.98. The molecule has 0 saturated carbocycles. The number of nitrogens with one attached hydrogen (secondary N) is 1. The SMILES string of the molecule is NCC1(CNCc2ccncc2)COC1. The van der Waals surface area contributed by atoms with Crippen LogP contribution in [0.1, 0.15) is 5.56 Å². The van der Waals surface area contributed by atoms with Gasteiger partial charge in [0.05, 0.1) is 13.2 Å². The highest BCUT2D eigenvalue weighted by atomic mass is 16.5. The molecule has 1 fully saturated rings. The van der Waals surface area contributed by atoms with Crippen LogP contribution in [-0.4, -0.2) is 31.3 Å². The van der Waals surface area contributed by atoms with Crippen LogP contribution in [0, 0.1) is 5.41 Å². The van der Waals surface area contributed by atoms with Gasteiger partial charge in [0.1, 0.15) is 0 Å². The summed E-state index contributed by atoms with van der Waals surface area (Å²) in [5.41, 5.74) is 7.14. The van der Waals surface area contributed by atoms with Crippen LogP contribution in [-0.2, 0) is 11.3 Å². The van der Waals surface area contributed by atoms with Crippen LogP contribution in [0.25, 0.3) is 0 Å². The first-order valence-electron chi connectivity index (χ1n) is 5.22. The van der Waals surface area contributed by atoms with E-state index in [1.54, 1.807) is 0 Å². The Morgan fingerprint density at radius 2 is 2.13 bits per heavy atom. The second-order valence-corrected chi connectivity index (χ2v) is 4.16.